The van der Waals surface area contributed by atoms with Crippen molar-refractivity contribution in [1.29, 1.82) is 5.26 Å². The zero-order valence-electron chi connectivity index (χ0n) is 14.1. The molecule has 2 aromatic heterocycles. The highest BCUT2D eigenvalue weighted by atomic mass is 16.2. The third-order valence-electron chi connectivity index (χ3n) is 4.55. The zero-order valence-corrected chi connectivity index (χ0v) is 14.1. The Morgan fingerprint density at radius 2 is 2.08 bits per heavy atom. The lowest BCUT2D eigenvalue weighted by Gasteiger charge is -2.29. The van der Waals surface area contributed by atoms with Crippen LogP contribution in [0.2, 0.25) is 0 Å². The highest BCUT2D eigenvalue weighted by molar-refractivity contribution is 5.54. The molecule has 0 aromatic carbocycles. The second kappa shape index (κ2) is 6.00. The number of hydrogen-bond acceptors (Lipinski definition) is 5. The molecule has 24 heavy (non-hydrogen) atoms. The van der Waals surface area contributed by atoms with E-state index >= 15 is 0 Å². The molecule has 8 nitrogen and oxygen atoms in total. The molecule has 3 rings (SSSR count). The van der Waals surface area contributed by atoms with E-state index in [1.807, 2.05) is 28.8 Å². The standard InChI is InChI=1S/C16H20N6O2/c1-11-8-18-21(9-11)10-12-5-4-6-22(12)14-13(7-17)15(23)20(3)16(24)19(14)2/h8-9,12H,4-6,10H2,1-3H3. The van der Waals surface area contributed by atoms with E-state index in [0.29, 0.717) is 18.9 Å². The van der Waals surface area contributed by atoms with Gasteiger partial charge in [-0.05, 0) is 25.3 Å². The Morgan fingerprint density at radius 1 is 1.33 bits per heavy atom. The Kier molecular flexibility index (Phi) is 4.01. The van der Waals surface area contributed by atoms with Crippen LogP contribution in [0.3, 0.4) is 0 Å². The molecule has 1 atom stereocenters. The molecule has 1 saturated heterocycles. The number of hydrogen-bond donors (Lipinski definition) is 0. The summed E-state index contributed by atoms with van der Waals surface area (Å²) in [7, 11) is 2.99. The molecule has 0 aliphatic carbocycles. The highest BCUT2D eigenvalue weighted by Crippen LogP contribution is 2.26. The van der Waals surface area contributed by atoms with Gasteiger partial charge in [0.1, 0.15) is 11.9 Å². The Hall–Kier alpha value is -2.82. The molecule has 0 saturated carbocycles. The van der Waals surface area contributed by atoms with Gasteiger partial charge in [-0.15, -0.1) is 0 Å². The molecular weight excluding hydrogens is 308 g/mol. The van der Waals surface area contributed by atoms with Crippen LogP contribution in [0.25, 0.3) is 0 Å². The SMILES string of the molecule is Cc1cnn(CC2CCCN2c2c(C#N)c(=O)n(C)c(=O)n2C)c1. The number of nitrogens with zero attached hydrogens (tertiary/aromatic N) is 6. The molecule has 1 unspecified atom stereocenters. The summed E-state index contributed by atoms with van der Waals surface area (Å²) in [5.41, 5.74) is 0.132. The summed E-state index contributed by atoms with van der Waals surface area (Å²) >= 11 is 0. The quantitative estimate of drug-likeness (QED) is 0.799. The van der Waals surface area contributed by atoms with Crippen LogP contribution >= 0.6 is 0 Å². The number of anilines is 1. The largest absolute Gasteiger partial charge is 0.352 e. The second-order valence-electron chi connectivity index (χ2n) is 6.25. The summed E-state index contributed by atoms with van der Waals surface area (Å²) in [6, 6.07) is 2.07. The summed E-state index contributed by atoms with van der Waals surface area (Å²) in [4.78, 5) is 26.6. The first-order valence-electron chi connectivity index (χ1n) is 7.90. The van der Waals surface area contributed by atoms with Gasteiger partial charge in [-0.1, -0.05) is 0 Å². The van der Waals surface area contributed by atoms with Crippen molar-refractivity contribution in [2.24, 2.45) is 14.1 Å². The van der Waals surface area contributed by atoms with Crippen molar-refractivity contribution < 1.29 is 0 Å². The maximum absolute atomic E-state index is 12.3. The average Bonchev–Trinajstić information content (AvgIpc) is 3.18. The van der Waals surface area contributed by atoms with Crippen LogP contribution in [0.1, 0.15) is 24.0 Å². The Morgan fingerprint density at radius 3 is 2.71 bits per heavy atom. The lowest BCUT2D eigenvalue weighted by atomic mass is 10.2. The van der Waals surface area contributed by atoms with Crippen molar-refractivity contribution in [3.05, 3.63) is 44.4 Å². The summed E-state index contributed by atoms with van der Waals surface area (Å²) in [5.74, 6) is 0.414. The Bertz CT molecular complexity index is 930. The molecule has 126 valence electrons. The summed E-state index contributed by atoms with van der Waals surface area (Å²) in [5, 5.41) is 13.8. The van der Waals surface area contributed by atoms with E-state index in [1.54, 1.807) is 13.2 Å². The second-order valence-corrected chi connectivity index (χ2v) is 6.25. The molecule has 8 heteroatoms. The van der Waals surface area contributed by atoms with Gasteiger partial charge in [0.15, 0.2) is 5.56 Å². The molecule has 0 bridgehead atoms. The van der Waals surface area contributed by atoms with E-state index < -0.39 is 11.2 Å². The van der Waals surface area contributed by atoms with E-state index in [4.69, 9.17) is 0 Å². The predicted molar refractivity (Wildman–Crippen MR) is 89.0 cm³/mol. The Balaban J connectivity index is 2.06. The Labute approximate surface area is 139 Å². The minimum absolute atomic E-state index is 0.0168. The zero-order chi connectivity index (χ0) is 17.4. The van der Waals surface area contributed by atoms with E-state index in [1.165, 1.54) is 11.6 Å². The maximum atomic E-state index is 12.3. The van der Waals surface area contributed by atoms with E-state index in [0.717, 1.165) is 23.0 Å². The first-order chi connectivity index (χ1) is 11.4. The molecule has 1 aliphatic heterocycles. The van der Waals surface area contributed by atoms with Crippen molar-refractivity contribution in [1.82, 2.24) is 18.9 Å². The van der Waals surface area contributed by atoms with Gasteiger partial charge in [0.2, 0.25) is 0 Å². The third-order valence-corrected chi connectivity index (χ3v) is 4.55. The van der Waals surface area contributed by atoms with E-state index in [-0.39, 0.29) is 11.6 Å². The van der Waals surface area contributed by atoms with Gasteiger partial charge < -0.3 is 4.90 Å². The van der Waals surface area contributed by atoms with Crippen molar-refractivity contribution in [2.45, 2.75) is 32.4 Å². The molecular formula is C16H20N6O2. The van der Waals surface area contributed by atoms with Gasteiger partial charge in [0.25, 0.3) is 5.56 Å². The fraction of sp³-hybridized carbons (Fsp3) is 0.500. The van der Waals surface area contributed by atoms with Crippen LogP contribution in [0, 0.1) is 18.3 Å². The van der Waals surface area contributed by atoms with Crippen molar-refractivity contribution in [3.63, 3.8) is 0 Å². The lowest BCUT2D eigenvalue weighted by Crippen LogP contribution is -2.44. The molecule has 0 radical (unpaired) electrons. The highest BCUT2D eigenvalue weighted by Gasteiger charge is 2.30. The number of aryl methyl sites for hydroxylation is 1. The van der Waals surface area contributed by atoms with Crippen molar-refractivity contribution >= 4 is 5.82 Å². The van der Waals surface area contributed by atoms with E-state index in [9.17, 15) is 14.9 Å². The van der Waals surface area contributed by atoms with Gasteiger partial charge in [-0.25, -0.2) is 4.79 Å². The molecule has 2 aromatic rings. The van der Waals surface area contributed by atoms with Crippen LogP contribution in [0.4, 0.5) is 5.82 Å². The maximum Gasteiger partial charge on any atom is 0.332 e. The molecule has 3 heterocycles. The predicted octanol–water partition coefficient (Wildman–Crippen LogP) is 0.130. The lowest BCUT2D eigenvalue weighted by molar-refractivity contribution is 0.501. The van der Waals surface area contributed by atoms with Gasteiger partial charge >= 0.3 is 5.69 Å². The molecule has 1 fully saturated rings. The third kappa shape index (κ3) is 2.52. The fourth-order valence-electron chi connectivity index (χ4n) is 3.35. The van der Waals surface area contributed by atoms with Crippen LogP contribution in [-0.4, -0.2) is 31.5 Å². The van der Waals surface area contributed by atoms with Crippen LogP contribution < -0.4 is 16.1 Å². The van der Waals surface area contributed by atoms with Crippen LogP contribution in [0.5, 0.6) is 0 Å². The number of rotatable bonds is 3. The van der Waals surface area contributed by atoms with Crippen molar-refractivity contribution in [3.8, 4) is 6.07 Å². The van der Waals surface area contributed by atoms with Crippen molar-refractivity contribution in [2.75, 3.05) is 11.4 Å². The van der Waals surface area contributed by atoms with Gasteiger partial charge in [0, 0.05) is 26.8 Å². The number of nitriles is 1. The van der Waals surface area contributed by atoms with Crippen LogP contribution in [-0.2, 0) is 20.6 Å². The average molecular weight is 328 g/mol. The topological polar surface area (TPSA) is 88.8 Å². The van der Waals surface area contributed by atoms with E-state index in [2.05, 4.69) is 5.10 Å². The molecule has 1 aliphatic rings. The first-order valence-corrected chi connectivity index (χ1v) is 7.90. The minimum atomic E-state index is -0.545. The van der Waals surface area contributed by atoms with Crippen LogP contribution in [0.15, 0.2) is 22.0 Å². The molecule has 0 N–H and O–H groups in total. The first kappa shape index (κ1) is 16.1. The molecule has 0 spiro atoms. The normalized spacial score (nSPS) is 17.2. The van der Waals surface area contributed by atoms with Gasteiger partial charge in [0.05, 0.1) is 18.8 Å². The summed E-state index contributed by atoms with van der Waals surface area (Å²) < 4.78 is 4.24. The monoisotopic (exact) mass is 328 g/mol. The minimum Gasteiger partial charge on any atom is -0.352 e. The summed E-state index contributed by atoms with van der Waals surface area (Å²) in [6.45, 7) is 3.34. The smallest absolute Gasteiger partial charge is 0.332 e. The van der Waals surface area contributed by atoms with Gasteiger partial charge in [-0.3, -0.25) is 18.6 Å². The fourth-order valence-corrected chi connectivity index (χ4v) is 3.35. The molecule has 0 amide bonds. The number of aromatic nitrogens is 4. The van der Waals surface area contributed by atoms with Gasteiger partial charge in [-0.2, -0.15) is 10.4 Å². The summed E-state index contributed by atoms with van der Waals surface area (Å²) in [6.07, 6.45) is 5.63.